The molecule has 1 N–H and O–H groups in total. The largest absolute Gasteiger partial charge is 0.493 e. The van der Waals surface area contributed by atoms with Crippen molar-refractivity contribution in [2.75, 3.05) is 6.61 Å². The van der Waals surface area contributed by atoms with E-state index in [1.54, 1.807) is 0 Å². The number of halogens is 1. The van der Waals surface area contributed by atoms with Crippen LogP contribution in [0.25, 0.3) is 0 Å². The van der Waals surface area contributed by atoms with Crippen LogP contribution in [0.4, 0.5) is 0 Å². The van der Waals surface area contributed by atoms with Crippen LogP contribution >= 0.6 is 15.9 Å². The molecule has 86 valence electrons. The van der Waals surface area contributed by atoms with Crippen molar-refractivity contribution in [3.05, 3.63) is 28.2 Å². The van der Waals surface area contributed by atoms with Gasteiger partial charge in [-0.3, -0.25) is 4.79 Å². The van der Waals surface area contributed by atoms with E-state index in [1.807, 2.05) is 18.2 Å². The number of hydrogen-bond donors (Lipinski definition) is 1. The summed E-state index contributed by atoms with van der Waals surface area (Å²) in [4.78, 5) is 10.8. The molecule has 1 unspecified atom stereocenters. The highest BCUT2D eigenvalue weighted by Crippen LogP contribution is 2.36. The smallest absolute Gasteiger partial charge is 0.303 e. The Morgan fingerprint density at radius 2 is 2.38 bits per heavy atom. The van der Waals surface area contributed by atoms with Crippen LogP contribution in [0, 0.1) is 0 Å². The lowest BCUT2D eigenvalue weighted by atomic mass is 9.91. The van der Waals surface area contributed by atoms with Gasteiger partial charge in [-0.2, -0.15) is 0 Å². The third-order valence-electron chi connectivity index (χ3n) is 2.79. The first-order valence-electron chi connectivity index (χ1n) is 5.31. The number of carbonyl (C=O) groups is 1. The molecule has 4 heteroatoms. The highest BCUT2D eigenvalue weighted by atomic mass is 79.9. The molecule has 0 aliphatic carbocycles. The fourth-order valence-corrected chi connectivity index (χ4v) is 2.40. The SMILES string of the molecule is O=C(O)CC1CCCOc2cc(Br)ccc21. The summed E-state index contributed by atoms with van der Waals surface area (Å²) < 4.78 is 6.58. The maximum Gasteiger partial charge on any atom is 0.303 e. The minimum absolute atomic E-state index is 0.0723. The highest BCUT2D eigenvalue weighted by Gasteiger charge is 2.22. The van der Waals surface area contributed by atoms with Gasteiger partial charge in [-0.1, -0.05) is 22.0 Å². The van der Waals surface area contributed by atoms with Crippen LogP contribution in [0.3, 0.4) is 0 Å². The molecule has 0 radical (unpaired) electrons. The average molecular weight is 285 g/mol. The summed E-state index contributed by atoms with van der Waals surface area (Å²) in [6, 6.07) is 5.80. The minimum Gasteiger partial charge on any atom is -0.493 e. The first-order valence-corrected chi connectivity index (χ1v) is 6.10. The topological polar surface area (TPSA) is 46.5 Å². The molecule has 1 aliphatic rings. The van der Waals surface area contributed by atoms with Gasteiger partial charge in [0.2, 0.25) is 0 Å². The molecule has 0 bridgehead atoms. The van der Waals surface area contributed by atoms with Gasteiger partial charge in [0.15, 0.2) is 0 Å². The number of fused-ring (bicyclic) bond motifs is 1. The van der Waals surface area contributed by atoms with Crippen molar-refractivity contribution in [3.63, 3.8) is 0 Å². The van der Waals surface area contributed by atoms with Crippen molar-refractivity contribution in [3.8, 4) is 5.75 Å². The van der Waals surface area contributed by atoms with Crippen LogP contribution in [0.1, 0.15) is 30.7 Å². The molecule has 1 atom stereocenters. The summed E-state index contributed by atoms with van der Waals surface area (Å²) in [5.74, 6) is 0.141. The summed E-state index contributed by atoms with van der Waals surface area (Å²) in [6.45, 7) is 0.666. The van der Waals surface area contributed by atoms with Crippen molar-refractivity contribution in [1.29, 1.82) is 0 Å². The number of carboxylic acid groups (broad SMARTS) is 1. The standard InChI is InChI=1S/C12H13BrO3/c13-9-3-4-10-8(6-12(14)15)2-1-5-16-11(10)7-9/h3-4,7-8H,1-2,5-6H2,(H,14,15). The van der Waals surface area contributed by atoms with Gasteiger partial charge in [0.25, 0.3) is 0 Å². The van der Waals surface area contributed by atoms with Crippen molar-refractivity contribution in [2.24, 2.45) is 0 Å². The summed E-state index contributed by atoms with van der Waals surface area (Å²) in [7, 11) is 0. The predicted molar refractivity (Wildman–Crippen MR) is 63.9 cm³/mol. The quantitative estimate of drug-likeness (QED) is 0.907. The number of rotatable bonds is 2. The third-order valence-corrected chi connectivity index (χ3v) is 3.28. The summed E-state index contributed by atoms with van der Waals surface area (Å²) in [6.07, 6.45) is 1.96. The predicted octanol–water partition coefficient (Wildman–Crippen LogP) is 3.18. The first kappa shape index (κ1) is 11.5. The third kappa shape index (κ3) is 2.55. The Balaban J connectivity index is 2.32. The van der Waals surface area contributed by atoms with Gasteiger partial charge in [-0.05, 0) is 36.5 Å². The van der Waals surface area contributed by atoms with Gasteiger partial charge < -0.3 is 9.84 Å². The van der Waals surface area contributed by atoms with Crippen LogP contribution in [-0.2, 0) is 4.79 Å². The van der Waals surface area contributed by atoms with Crippen LogP contribution < -0.4 is 4.74 Å². The van der Waals surface area contributed by atoms with E-state index < -0.39 is 5.97 Å². The lowest BCUT2D eigenvalue weighted by Crippen LogP contribution is -2.05. The van der Waals surface area contributed by atoms with Gasteiger partial charge in [-0.15, -0.1) is 0 Å². The van der Waals surface area contributed by atoms with Crippen LogP contribution in [0.5, 0.6) is 5.75 Å². The molecule has 16 heavy (non-hydrogen) atoms. The van der Waals surface area contributed by atoms with Crippen LogP contribution in [0.2, 0.25) is 0 Å². The molecule has 2 rings (SSSR count). The zero-order valence-electron chi connectivity index (χ0n) is 8.78. The van der Waals surface area contributed by atoms with Crippen LogP contribution in [0.15, 0.2) is 22.7 Å². The second kappa shape index (κ2) is 4.87. The molecule has 3 nitrogen and oxygen atoms in total. The van der Waals surface area contributed by atoms with E-state index in [2.05, 4.69) is 15.9 Å². The molecule has 1 aromatic rings. The number of benzene rings is 1. The number of carboxylic acids is 1. The van der Waals surface area contributed by atoms with E-state index in [4.69, 9.17) is 9.84 Å². The number of ether oxygens (including phenoxy) is 1. The monoisotopic (exact) mass is 284 g/mol. The van der Waals surface area contributed by atoms with Gasteiger partial charge >= 0.3 is 5.97 Å². The van der Waals surface area contributed by atoms with E-state index in [9.17, 15) is 4.79 Å². The molecule has 0 spiro atoms. The molecule has 0 saturated carbocycles. The summed E-state index contributed by atoms with van der Waals surface area (Å²) in [5, 5.41) is 8.89. The number of hydrogen-bond acceptors (Lipinski definition) is 2. The zero-order chi connectivity index (χ0) is 11.5. The Bertz CT molecular complexity index is 403. The molecule has 0 aromatic heterocycles. The Morgan fingerprint density at radius 1 is 1.56 bits per heavy atom. The van der Waals surface area contributed by atoms with Gasteiger partial charge in [0, 0.05) is 4.47 Å². The first-order chi connectivity index (χ1) is 7.66. The molecule has 1 aromatic carbocycles. The number of aliphatic carboxylic acids is 1. The average Bonchev–Trinajstić information content (AvgIpc) is 2.40. The maximum atomic E-state index is 10.8. The normalized spacial score (nSPS) is 19.4. The van der Waals surface area contributed by atoms with Gasteiger partial charge in [0.05, 0.1) is 13.0 Å². The fourth-order valence-electron chi connectivity index (χ4n) is 2.06. The van der Waals surface area contributed by atoms with Crippen molar-refractivity contribution < 1.29 is 14.6 Å². The van der Waals surface area contributed by atoms with Crippen LogP contribution in [-0.4, -0.2) is 17.7 Å². The highest BCUT2D eigenvalue weighted by molar-refractivity contribution is 9.10. The van der Waals surface area contributed by atoms with E-state index in [0.29, 0.717) is 6.61 Å². The lowest BCUT2D eigenvalue weighted by Gasteiger charge is -2.14. The van der Waals surface area contributed by atoms with E-state index in [0.717, 1.165) is 28.6 Å². The lowest BCUT2D eigenvalue weighted by molar-refractivity contribution is -0.137. The zero-order valence-corrected chi connectivity index (χ0v) is 10.4. The Hall–Kier alpha value is -1.03. The summed E-state index contributed by atoms with van der Waals surface area (Å²) in [5.41, 5.74) is 1.02. The molecule has 0 fully saturated rings. The Labute approximate surface area is 103 Å². The molecule has 1 aliphatic heterocycles. The van der Waals surface area contributed by atoms with Crippen molar-refractivity contribution in [1.82, 2.24) is 0 Å². The minimum atomic E-state index is -0.749. The Morgan fingerprint density at radius 3 is 3.12 bits per heavy atom. The second-order valence-electron chi connectivity index (χ2n) is 3.97. The Kier molecular flexibility index (Phi) is 3.49. The van der Waals surface area contributed by atoms with Crippen molar-refractivity contribution >= 4 is 21.9 Å². The molecular formula is C12H13BrO3. The van der Waals surface area contributed by atoms with E-state index in [1.165, 1.54) is 0 Å². The fraction of sp³-hybridized carbons (Fsp3) is 0.417. The van der Waals surface area contributed by atoms with Gasteiger partial charge in [0.1, 0.15) is 5.75 Å². The van der Waals surface area contributed by atoms with E-state index in [-0.39, 0.29) is 12.3 Å². The second-order valence-corrected chi connectivity index (χ2v) is 4.88. The molecule has 0 saturated heterocycles. The van der Waals surface area contributed by atoms with E-state index >= 15 is 0 Å². The van der Waals surface area contributed by atoms with Gasteiger partial charge in [-0.25, -0.2) is 0 Å². The maximum absolute atomic E-state index is 10.8. The molecular weight excluding hydrogens is 272 g/mol. The van der Waals surface area contributed by atoms with Crippen molar-refractivity contribution in [2.45, 2.75) is 25.2 Å². The molecule has 1 heterocycles. The summed E-state index contributed by atoms with van der Waals surface area (Å²) >= 11 is 3.39. The molecule has 0 amide bonds.